The first-order chi connectivity index (χ1) is 12.7. The summed E-state index contributed by atoms with van der Waals surface area (Å²) in [7, 11) is 0. The summed E-state index contributed by atoms with van der Waals surface area (Å²) in [6.45, 7) is 3.11. The fourth-order valence-electron chi connectivity index (χ4n) is 3.21. The molecule has 1 atom stereocenters. The third-order valence-electron chi connectivity index (χ3n) is 4.59. The normalized spacial score (nSPS) is 12.4. The number of aromatic nitrogens is 1. The quantitative estimate of drug-likeness (QED) is 0.333. The Kier molecular flexibility index (Phi) is 5.05. The molecular formula is C23H20ClNS. The van der Waals surface area contributed by atoms with Crippen LogP contribution in [0.15, 0.2) is 90.0 Å². The Balaban J connectivity index is 1.66. The highest BCUT2D eigenvalue weighted by Gasteiger charge is 2.13. The van der Waals surface area contributed by atoms with Gasteiger partial charge < -0.3 is 4.57 Å². The summed E-state index contributed by atoms with van der Waals surface area (Å²) in [6.07, 6.45) is 2.28. The minimum Gasteiger partial charge on any atom is -0.342 e. The molecule has 0 N–H and O–H groups in total. The summed E-state index contributed by atoms with van der Waals surface area (Å²) in [5, 5.41) is 2.50. The molecule has 1 unspecified atom stereocenters. The number of nitrogens with zero attached hydrogens (tertiary/aromatic N) is 1. The zero-order valence-corrected chi connectivity index (χ0v) is 16.2. The Bertz CT molecular complexity index is 1010. The van der Waals surface area contributed by atoms with Gasteiger partial charge in [-0.15, -0.1) is 11.8 Å². The molecule has 0 spiro atoms. The standard InChI is InChI=1S/C23H20ClNS/c1-17(19-7-3-2-4-8-19)26-23-16-25(22-10-6-5-9-21(22)23)15-18-11-13-20(24)14-12-18/h2-14,16-17H,15H2,1H3. The summed E-state index contributed by atoms with van der Waals surface area (Å²) < 4.78 is 2.33. The van der Waals surface area contributed by atoms with Gasteiger partial charge in [-0.1, -0.05) is 72.3 Å². The van der Waals surface area contributed by atoms with E-state index in [0.717, 1.165) is 11.6 Å². The molecule has 1 nitrogen and oxygen atoms in total. The summed E-state index contributed by atoms with van der Waals surface area (Å²) in [5.41, 5.74) is 3.88. The van der Waals surface area contributed by atoms with Gasteiger partial charge in [-0.3, -0.25) is 0 Å². The second-order valence-corrected chi connectivity index (χ2v) is 8.25. The Hall–Kier alpha value is -2.16. The molecule has 4 aromatic rings. The zero-order chi connectivity index (χ0) is 17.9. The van der Waals surface area contributed by atoms with Crippen molar-refractivity contribution >= 4 is 34.3 Å². The van der Waals surface area contributed by atoms with E-state index >= 15 is 0 Å². The van der Waals surface area contributed by atoms with Gasteiger partial charge in [0, 0.05) is 38.8 Å². The van der Waals surface area contributed by atoms with E-state index in [1.807, 2.05) is 23.9 Å². The van der Waals surface area contributed by atoms with Gasteiger partial charge in [0.1, 0.15) is 0 Å². The van der Waals surface area contributed by atoms with Crippen molar-refractivity contribution in [2.24, 2.45) is 0 Å². The lowest BCUT2D eigenvalue weighted by atomic mass is 10.2. The van der Waals surface area contributed by atoms with Crippen molar-refractivity contribution < 1.29 is 0 Å². The van der Waals surface area contributed by atoms with Crippen molar-refractivity contribution in [1.82, 2.24) is 4.57 Å². The van der Waals surface area contributed by atoms with Crippen LogP contribution in [0, 0.1) is 0 Å². The maximum Gasteiger partial charge on any atom is 0.0495 e. The van der Waals surface area contributed by atoms with Crippen LogP contribution in [0.1, 0.15) is 23.3 Å². The van der Waals surface area contributed by atoms with Crippen LogP contribution >= 0.6 is 23.4 Å². The summed E-state index contributed by atoms with van der Waals surface area (Å²) >= 11 is 7.94. The maximum atomic E-state index is 6.02. The lowest BCUT2D eigenvalue weighted by Gasteiger charge is -2.10. The molecule has 0 aliphatic heterocycles. The lowest BCUT2D eigenvalue weighted by molar-refractivity contribution is 0.830. The van der Waals surface area contributed by atoms with Gasteiger partial charge in [0.15, 0.2) is 0 Å². The molecule has 0 fully saturated rings. The van der Waals surface area contributed by atoms with Crippen molar-refractivity contribution in [1.29, 1.82) is 0 Å². The molecule has 1 aromatic heterocycles. The molecule has 0 aliphatic carbocycles. The first kappa shape index (κ1) is 17.3. The lowest BCUT2D eigenvalue weighted by Crippen LogP contribution is -1.97. The summed E-state index contributed by atoms with van der Waals surface area (Å²) in [4.78, 5) is 1.32. The van der Waals surface area contributed by atoms with Gasteiger partial charge >= 0.3 is 0 Å². The molecule has 26 heavy (non-hydrogen) atoms. The van der Waals surface area contributed by atoms with Gasteiger partial charge in [0.25, 0.3) is 0 Å². The van der Waals surface area contributed by atoms with Crippen molar-refractivity contribution in [3.8, 4) is 0 Å². The van der Waals surface area contributed by atoms with E-state index in [0.29, 0.717) is 5.25 Å². The van der Waals surface area contributed by atoms with Crippen molar-refractivity contribution in [2.75, 3.05) is 0 Å². The minimum absolute atomic E-state index is 0.408. The van der Waals surface area contributed by atoms with Gasteiger partial charge in [-0.2, -0.15) is 0 Å². The first-order valence-electron chi connectivity index (χ1n) is 8.74. The first-order valence-corrected chi connectivity index (χ1v) is 10.0. The molecule has 1 heterocycles. The van der Waals surface area contributed by atoms with Crippen molar-refractivity contribution in [2.45, 2.75) is 23.6 Å². The number of benzene rings is 3. The third-order valence-corrected chi connectivity index (χ3v) is 6.05. The van der Waals surface area contributed by atoms with Crippen LogP contribution in [0.5, 0.6) is 0 Å². The number of halogens is 1. The van der Waals surface area contributed by atoms with E-state index in [2.05, 4.69) is 84.4 Å². The Labute approximate surface area is 163 Å². The molecule has 3 heteroatoms. The van der Waals surface area contributed by atoms with Crippen molar-refractivity contribution in [3.63, 3.8) is 0 Å². The number of para-hydroxylation sites is 1. The molecule has 130 valence electrons. The van der Waals surface area contributed by atoms with Crippen LogP contribution in [0.4, 0.5) is 0 Å². The molecule has 4 rings (SSSR count). The minimum atomic E-state index is 0.408. The number of hydrogen-bond acceptors (Lipinski definition) is 1. The van der Waals surface area contributed by atoms with Crippen LogP contribution in [0.2, 0.25) is 5.02 Å². The number of fused-ring (bicyclic) bond motifs is 1. The maximum absolute atomic E-state index is 6.02. The highest BCUT2D eigenvalue weighted by molar-refractivity contribution is 7.99. The van der Waals surface area contributed by atoms with Crippen LogP contribution in [-0.2, 0) is 6.54 Å². The Morgan fingerprint density at radius 1 is 0.885 bits per heavy atom. The van der Waals surface area contributed by atoms with Gasteiger partial charge in [0.2, 0.25) is 0 Å². The molecular weight excluding hydrogens is 358 g/mol. The number of thioether (sulfide) groups is 1. The topological polar surface area (TPSA) is 4.93 Å². The molecule has 0 radical (unpaired) electrons. The third kappa shape index (κ3) is 3.67. The fourth-order valence-corrected chi connectivity index (χ4v) is 4.49. The molecule has 0 aliphatic rings. The van der Waals surface area contributed by atoms with Crippen molar-refractivity contribution in [3.05, 3.63) is 101 Å². The predicted octanol–water partition coefficient (Wildman–Crippen LogP) is 7.20. The fraction of sp³-hybridized carbons (Fsp3) is 0.130. The van der Waals surface area contributed by atoms with Gasteiger partial charge in [-0.25, -0.2) is 0 Å². The Morgan fingerprint density at radius 3 is 2.35 bits per heavy atom. The number of hydrogen-bond donors (Lipinski definition) is 0. The SMILES string of the molecule is CC(Sc1cn(Cc2ccc(Cl)cc2)c2ccccc12)c1ccccc1. The predicted molar refractivity (Wildman–Crippen MR) is 113 cm³/mol. The molecule has 0 saturated carbocycles. The highest BCUT2D eigenvalue weighted by Crippen LogP contribution is 2.39. The molecule has 0 bridgehead atoms. The van der Waals surface area contributed by atoms with Gasteiger partial charge in [0.05, 0.1) is 0 Å². The van der Waals surface area contributed by atoms with E-state index in [1.54, 1.807) is 0 Å². The van der Waals surface area contributed by atoms with Gasteiger partial charge in [-0.05, 0) is 36.2 Å². The second-order valence-electron chi connectivity index (χ2n) is 6.44. The number of rotatable bonds is 5. The molecule has 0 amide bonds. The van der Waals surface area contributed by atoms with Crippen LogP contribution in [0.3, 0.4) is 0 Å². The summed E-state index contributed by atoms with van der Waals surface area (Å²) in [6, 6.07) is 27.4. The monoisotopic (exact) mass is 377 g/mol. The summed E-state index contributed by atoms with van der Waals surface area (Å²) in [5.74, 6) is 0. The van der Waals surface area contributed by atoms with Crippen LogP contribution in [-0.4, -0.2) is 4.57 Å². The highest BCUT2D eigenvalue weighted by atomic mass is 35.5. The smallest absolute Gasteiger partial charge is 0.0495 e. The van der Waals surface area contributed by atoms with E-state index < -0.39 is 0 Å². The van der Waals surface area contributed by atoms with E-state index in [9.17, 15) is 0 Å². The average molecular weight is 378 g/mol. The Morgan fingerprint density at radius 2 is 1.58 bits per heavy atom. The molecule has 3 aromatic carbocycles. The van der Waals surface area contributed by atoms with E-state index in [1.165, 1.54) is 26.9 Å². The van der Waals surface area contributed by atoms with E-state index in [-0.39, 0.29) is 0 Å². The zero-order valence-electron chi connectivity index (χ0n) is 14.6. The van der Waals surface area contributed by atoms with Crippen LogP contribution < -0.4 is 0 Å². The van der Waals surface area contributed by atoms with E-state index in [4.69, 9.17) is 11.6 Å². The molecule has 0 saturated heterocycles. The average Bonchev–Trinajstić information content (AvgIpc) is 3.02. The second kappa shape index (κ2) is 7.61. The van der Waals surface area contributed by atoms with Crippen LogP contribution in [0.25, 0.3) is 10.9 Å². The largest absolute Gasteiger partial charge is 0.342 e.